The zero-order chi connectivity index (χ0) is 19.4. The van der Waals surface area contributed by atoms with Crippen molar-refractivity contribution in [2.24, 2.45) is 0 Å². The fraction of sp³-hybridized carbons (Fsp3) is 0.381. The van der Waals surface area contributed by atoms with Gasteiger partial charge in [-0.05, 0) is 55.5 Å². The Morgan fingerprint density at radius 1 is 1.15 bits per heavy atom. The van der Waals surface area contributed by atoms with Gasteiger partial charge in [0.1, 0.15) is 0 Å². The molecule has 0 aromatic heterocycles. The summed E-state index contributed by atoms with van der Waals surface area (Å²) in [5.74, 6) is -0.0319. The smallest absolute Gasteiger partial charge is 0.251 e. The Bertz CT molecular complexity index is 925. The van der Waals surface area contributed by atoms with Gasteiger partial charge in [-0.1, -0.05) is 37.3 Å². The molecule has 1 saturated heterocycles. The molecule has 1 aliphatic heterocycles. The summed E-state index contributed by atoms with van der Waals surface area (Å²) in [5.41, 5.74) is 3.27. The lowest BCUT2D eigenvalue weighted by molar-refractivity contribution is 0.0935. The van der Waals surface area contributed by atoms with Gasteiger partial charge in [0.05, 0.1) is 17.5 Å². The number of benzene rings is 2. The second-order valence-electron chi connectivity index (χ2n) is 6.94. The van der Waals surface area contributed by atoms with E-state index in [0.717, 1.165) is 24.0 Å². The van der Waals surface area contributed by atoms with E-state index < -0.39 is 10.0 Å². The van der Waals surface area contributed by atoms with Crippen molar-refractivity contribution < 1.29 is 13.2 Å². The van der Waals surface area contributed by atoms with Crippen molar-refractivity contribution in [3.63, 3.8) is 0 Å². The molecule has 0 unspecified atom stereocenters. The Hall–Kier alpha value is -2.34. The summed E-state index contributed by atoms with van der Waals surface area (Å²) in [6.45, 7) is 4.54. The number of aryl methyl sites for hydroxylation is 1. The maximum Gasteiger partial charge on any atom is 0.251 e. The lowest BCUT2D eigenvalue weighted by Crippen LogP contribution is -2.38. The third-order valence-electron chi connectivity index (χ3n) is 5.02. The van der Waals surface area contributed by atoms with Crippen LogP contribution in [0, 0.1) is 6.92 Å². The zero-order valence-electron chi connectivity index (χ0n) is 15.8. The van der Waals surface area contributed by atoms with Gasteiger partial charge < -0.3 is 5.32 Å². The zero-order valence-corrected chi connectivity index (χ0v) is 16.6. The molecular formula is C21H26N2O3S. The van der Waals surface area contributed by atoms with Crippen molar-refractivity contribution in [3.05, 3.63) is 65.2 Å². The van der Waals surface area contributed by atoms with E-state index in [4.69, 9.17) is 0 Å². The number of nitrogens with one attached hydrogen (secondary N) is 1. The van der Waals surface area contributed by atoms with E-state index in [2.05, 4.69) is 5.32 Å². The number of rotatable bonds is 5. The fourth-order valence-corrected chi connectivity index (χ4v) is 5.13. The maximum atomic E-state index is 12.8. The number of hydrogen-bond acceptors (Lipinski definition) is 3. The van der Waals surface area contributed by atoms with E-state index in [-0.39, 0.29) is 17.7 Å². The van der Waals surface area contributed by atoms with E-state index >= 15 is 0 Å². The average molecular weight is 387 g/mol. The highest BCUT2D eigenvalue weighted by atomic mass is 32.2. The molecule has 6 heteroatoms. The molecule has 1 heterocycles. The van der Waals surface area contributed by atoms with Crippen molar-refractivity contribution in [1.82, 2.24) is 5.32 Å². The molecule has 1 fully saturated rings. The molecule has 1 atom stereocenters. The monoisotopic (exact) mass is 386 g/mol. The highest BCUT2D eigenvalue weighted by Gasteiger charge is 2.26. The topological polar surface area (TPSA) is 66.5 Å². The van der Waals surface area contributed by atoms with Crippen LogP contribution in [0.3, 0.4) is 0 Å². The number of nitrogens with zero attached hydrogens (tertiary/aromatic N) is 1. The maximum absolute atomic E-state index is 12.8. The van der Waals surface area contributed by atoms with Gasteiger partial charge >= 0.3 is 0 Å². The van der Waals surface area contributed by atoms with Gasteiger partial charge in [0.25, 0.3) is 5.91 Å². The number of carbonyl (C=O) groups excluding carboxylic acids is 1. The van der Waals surface area contributed by atoms with Crippen LogP contribution in [0.2, 0.25) is 0 Å². The Kier molecular flexibility index (Phi) is 5.85. The Balaban J connectivity index is 1.82. The molecule has 1 amide bonds. The molecule has 2 aromatic carbocycles. The first-order chi connectivity index (χ1) is 12.9. The first-order valence-corrected chi connectivity index (χ1v) is 11.0. The first-order valence-electron chi connectivity index (χ1n) is 9.39. The van der Waals surface area contributed by atoms with Crippen LogP contribution in [0.4, 0.5) is 5.69 Å². The molecule has 1 aliphatic rings. The number of anilines is 1. The van der Waals surface area contributed by atoms with Gasteiger partial charge in [0, 0.05) is 12.1 Å². The van der Waals surface area contributed by atoms with Gasteiger partial charge in [0.15, 0.2) is 0 Å². The van der Waals surface area contributed by atoms with Gasteiger partial charge in [-0.3, -0.25) is 9.10 Å². The van der Waals surface area contributed by atoms with Crippen molar-refractivity contribution in [1.29, 1.82) is 0 Å². The highest BCUT2D eigenvalue weighted by molar-refractivity contribution is 7.92. The number of amides is 1. The molecule has 27 heavy (non-hydrogen) atoms. The van der Waals surface area contributed by atoms with Crippen molar-refractivity contribution in [3.8, 4) is 0 Å². The lowest BCUT2D eigenvalue weighted by Gasteiger charge is -2.28. The first kappa shape index (κ1) is 19.4. The van der Waals surface area contributed by atoms with Crippen LogP contribution in [-0.2, 0) is 10.0 Å². The summed E-state index contributed by atoms with van der Waals surface area (Å²) < 4.78 is 26.1. The molecule has 1 N–H and O–H groups in total. The number of carbonyl (C=O) groups is 1. The van der Waals surface area contributed by atoms with Crippen LogP contribution >= 0.6 is 0 Å². The van der Waals surface area contributed by atoms with Crippen molar-refractivity contribution in [2.45, 2.75) is 39.2 Å². The number of hydrogen-bond donors (Lipinski definition) is 1. The van der Waals surface area contributed by atoms with Crippen LogP contribution in [-0.4, -0.2) is 26.6 Å². The van der Waals surface area contributed by atoms with E-state index in [1.807, 2.05) is 38.1 Å². The minimum absolute atomic E-state index is 0.0823. The minimum atomic E-state index is -3.29. The minimum Gasteiger partial charge on any atom is -0.345 e. The molecule has 0 saturated carbocycles. The third-order valence-corrected chi connectivity index (χ3v) is 6.89. The quantitative estimate of drug-likeness (QED) is 0.850. The molecular weight excluding hydrogens is 360 g/mol. The molecule has 0 bridgehead atoms. The molecule has 2 aromatic rings. The largest absolute Gasteiger partial charge is 0.345 e. The van der Waals surface area contributed by atoms with Crippen molar-refractivity contribution in [2.75, 3.05) is 16.6 Å². The lowest BCUT2D eigenvalue weighted by atomic mass is 9.99. The Labute approximate surface area is 161 Å². The standard InChI is InChI=1S/C21H26N2O3S/c1-3-20(19-12-5-4-9-16(19)2)22-21(24)17-10-8-11-18(15-17)23-13-6-7-14-27(23,25)26/h4-5,8-12,15,20H,3,6-7,13-14H2,1-2H3,(H,22,24)/t20-/m0/s1. The SMILES string of the molecule is CC[C@H](NC(=O)c1cccc(N2CCCCS2(=O)=O)c1)c1ccccc1C. The van der Waals surface area contributed by atoms with E-state index in [1.165, 1.54) is 4.31 Å². The normalized spacial score (nSPS) is 17.3. The van der Waals surface area contributed by atoms with Crippen molar-refractivity contribution >= 4 is 21.6 Å². The number of sulfonamides is 1. The predicted octanol–water partition coefficient (Wildman–Crippen LogP) is 3.81. The van der Waals surface area contributed by atoms with Crippen LogP contribution in [0.5, 0.6) is 0 Å². The second kappa shape index (κ2) is 8.13. The van der Waals surface area contributed by atoms with E-state index in [9.17, 15) is 13.2 Å². The Morgan fingerprint density at radius 2 is 1.93 bits per heavy atom. The second-order valence-corrected chi connectivity index (χ2v) is 8.95. The van der Waals surface area contributed by atoms with E-state index in [0.29, 0.717) is 24.2 Å². The molecule has 0 spiro atoms. The summed E-state index contributed by atoms with van der Waals surface area (Å²) >= 11 is 0. The molecule has 5 nitrogen and oxygen atoms in total. The summed E-state index contributed by atoms with van der Waals surface area (Å²) in [5, 5.41) is 3.08. The van der Waals surface area contributed by atoms with Gasteiger partial charge in [-0.15, -0.1) is 0 Å². The summed E-state index contributed by atoms with van der Waals surface area (Å²) in [6.07, 6.45) is 2.30. The highest BCUT2D eigenvalue weighted by Crippen LogP contribution is 2.25. The molecule has 144 valence electrons. The Morgan fingerprint density at radius 3 is 2.63 bits per heavy atom. The summed E-state index contributed by atoms with van der Waals surface area (Å²) in [4.78, 5) is 12.8. The predicted molar refractivity (Wildman–Crippen MR) is 108 cm³/mol. The average Bonchev–Trinajstić information content (AvgIpc) is 2.66. The van der Waals surface area contributed by atoms with Gasteiger partial charge in [-0.25, -0.2) is 8.42 Å². The summed E-state index contributed by atoms with van der Waals surface area (Å²) in [7, 11) is -3.29. The molecule has 0 aliphatic carbocycles. The van der Waals surface area contributed by atoms with Gasteiger partial charge in [-0.2, -0.15) is 0 Å². The van der Waals surface area contributed by atoms with Crippen LogP contribution < -0.4 is 9.62 Å². The van der Waals surface area contributed by atoms with Crippen LogP contribution in [0.25, 0.3) is 0 Å². The molecule has 0 radical (unpaired) electrons. The molecule has 3 rings (SSSR count). The van der Waals surface area contributed by atoms with Crippen LogP contribution in [0.15, 0.2) is 48.5 Å². The third kappa shape index (κ3) is 4.33. The fourth-order valence-electron chi connectivity index (χ4n) is 3.50. The van der Waals surface area contributed by atoms with E-state index in [1.54, 1.807) is 24.3 Å². The van der Waals surface area contributed by atoms with Crippen LogP contribution in [0.1, 0.15) is 53.7 Å². The summed E-state index contributed by atoms with van der Waals surface area (Å²) in [6, 6.07) is 14.8. The van der Waals surface area contributed by atoms with Gasteiger partial charge in [0.2, 0.25) is 10.0 Å².